The van der Waals surface area contributed by atoms with E-state index < -0.39 is 11.6 Å². The van der Waals surface area contributed by atoms with Crippen molar-refractivity contribution in [3.8, 4) is 11.5 Å². The molecular weight excluding hydrogens is 420 g/mol. The molecule has 1 saturated heterocycles. The first-order valence-electron chi connectivity index (χ1n) is 9.75. The van der Waals surface area contributed by atoms with Crippen LogP contribution < -0.4 is 9.47 Å². The number of carbonyl (C=O) groups excluding carboxylic acids is 1. The Balaban J connectivity index is 1.53. The van der Waals surface area contributed by atoms with E-state index in [1.54, 1.807) is 12.0 Å². The lowest BCUT2D eigenvalue weighted by Gasteiger charge is -2.25. The maximum absolute atomic E-state index is 14.1. The van der Waals surface area contributed by atoms with E-state index in [-0.39, 0.29) is 23.4 Å². The molecule has 1 heterocycles. The Morgan fingerprint density at radius 1 is 1.03 bits per heavy atom. The van der Waals surface area contributed by atoms with Crippen molar-refractivity contribution in [2.45, 2.75) is 18.5 Å². The molecule has 4 nitrogen and oxygen atoms in total. The van der Waals surface area contributed by atoms with Crippen LogP contribution in [0.1, 0.15) is 22.1 Å². The highest BCUT2D eigenvalue weighted by Crippen LogP contribution is 2.42. The normalized spacial score (nSPS) is 15.9. The van der Waals surface area contributed by atoms with Gasteiger partial charge in [0.25, 0.3) is 0 Å². The van der Waals surface area contributed by atoms with Gasteiger partial charge < -0.3 is 14.4 Å². The number of thioether (sulfide) groups is 1. The minimum absolute atomic E-state index is 0.0667. The third kappa shape index (κ3) is 4.82. The summed E-state index contributed by atoms with van der Waals surface area (Å²) in [6.07, 6.45) is 0. The fourth-order valence-electron chi connectivity index (χ4n) is 3.43. The first-order chi connectivity index (χ1) is 15.0. The molecule has 0 bridgehead atoms. The predicted molar refractivity (Wildman–Crippen MR) is 116 cm³/mol. The number of amides is 1. The van der Waals surface area contributed by atoms with Crippen molar-refractivity contribution in [1.29, 1.82) is 0 Å². The van der Waals surface area contributed by atoms with Gasteiger partial charge in [-0.15, -0.1) is 11.8 Å². The molecule has 3 aromatic carbocycles. The van der Waals surface area contributed by atoms with E-state index in [4.69, 9.17) is 9.47 Å². The second kappa shape index (κ2) is 9.39. The van der Waals surface area contributed by atoms with Gasteiger partial charge >= 0.3 is 0 Å². The number of halogens is 2. The van der Waals surface area contributed by atoms with Crippen LogP contribution in [0.3, 0.4) is 0 Å². The first kappa shape index (κ1) is 21.2. The van der Waals surface area contributed by atoms with Crippen LogP contribution in [-0.2, 0) is 17.9 Å². The molecule has 7 heteroatoms. The summed E-state index contributed by atoms with van der Waals surface area (Å²) in [6, 6.07) is 18.7. The van der Waals surface area contributed by atoms with Gasteiger partial charge in [0, 0.05) is 18.2 Å². The topological polar surface area (TPSA) is 38.8 Å². The number of hydrogen-bond acceptors (Lipinski definition) is 4. The number of carbonyl (C=O) groups is 1. The number of nitrogens with zero attached hydrogens (tertiary/aromatic N) is 1. The Bertz CT molecular complexity index is 1080. The van der Waals surface area contributed by atoms with Gasteiger partial charge in [-0.25, -0.2) is 8.78 Å². The molecule has 0 aromatic heterocycles. The molecular formula is C24H21F2NO3S. The van der Waals surface area contributed by atoms with Gasteiger partial charge in [-0.05, 0) is 29.3 Å². The molecule has 0 spiro atoms. The van der Waals surface area contributed by atoms with Crippen LogP contribution in [0.15, 0.2) is 66.7 Å². The summed E-state index contributed by atoms with van der Waals surface area (Å²) in [5, 5.41) is -0.297. The summed E-state index contributed by atoms with van der Waals surface area (Å²) >= 11 is 1.46. The van der Waals surface area contributed by atoms with E-state index in [1.165, 1.54) is 23.9 Å². The second-order valence-electron chi connectivity index (χ2n) is 7.11. The summed E-state index contributed by atoms with van der Waals surface area (Å²) in [6.45, 7) is 0.473. The van der Waals surface area contributed by atoms with Crippen LogP contribution in [0, 0.1) is 11.6 Å². The second-order valence-corrected chi connectivity index (χ2v) is 8.17. The molecule has 31 heavy (non-hydrogen) atoms. The lowest BCUT2D eigenvalue weighted by molar-refractivity contribution is -0.128. The number of methoxy groups -OCH3 is 1. The summed E-state index contributed by atoms with van der Waals surface area (Å²) in [5.41, 5.74) is 2.16. The maximum atomic E-state index is 14.1. The summed E-state index contributed by atoms with van der Waals surface area (Å²) in [5.74, 6) is 0.0487. The molecule has 0 saturated carbocycles. The van der Waals surface area contributed by atoms with Crippen LogP contribution >= 0.6 is 11.8 Å². The maximum Gasteiger partial charge on any atom is 0.234 e. The summed E-state index contributed by atoms with van der Waals surface area (Å²) in [7, 11) is 1.56. The molecule has 4 rings (SSSR count). The molecule has 1 fully saturated rings. The van der Waals surface area contributed by atoms with E-state index >= 15 is 0 Å². The number of ether oxygens (including phenoxy) is 2. The van der Waals surface area contributed by atoms with Gasteiger partial charge in [0.05, 0.1) is 12.9 Å². The predicted octanol–water partition coefficient (Wildman–Crippen LogP) is 5.33. The van der Waals surface area contributed by atoms with Crippen molar-refractivity contribution < 1.29 is 23.0 Å². The average Bonchev–Trinajstić information content (AvgIpc) is 3.15. The summed E-state index contributed by atoms with van der Waals surface area (Å²) in [4.78, 5) is 14.1. The van der Waals surface area contributed by atoms with Crippen LogP contribution in [0.5, 0.6) is 11.5 Å². The van der Waals surface area contributed by atoms with Crippen molar-refractivity contribution >= 4 is 17.7 Å². The van der Waals surface area contributed by atoms with E-state index in [0.29, 0.717) is 23.9 Å². The Labute approximate surface area is 183 Å². The highest BCUT2D eigenvalue weighted by molar-refractivity contribution is 8.00. The van der Waals surface area contributed by atoms with Crippen molar-refractivity contribution in [1.82, 2.24) is 4.90 Å². The Kier molecular flexibility index (Phi) is 6.42. The van der Waals surface area contributed by atoms with Crippen molar-refractivity contribution in [3.63, 3.8) is 0 Å². The molecule has 160 valence electrons. The molecule has 1 amide bonds. The Morgan fingerprint density at radius 3 is 2.58 bits per heavy atom. The van der Waals surface area contributed by atoms with Crippen molar-refractivity contribution in [2.24, 2.45) is 0 Å². The third-order valence-corrected chi connectivity index (χ3v) is 6.29. The highest BCUT2D eigenvalue weighted by Gasteiger charge is 2.33. The van der Waals surface area contributed by atoms with E-state index in [0.717, 1.165) is 17.2 Å². The lowest BCUT2D eigenvalue weighted by Crippen LogP contribution is -2.28. The standard InChI is InChI=1S/C24H21F2NO3S/c1-29-22-11-17(8-10-21(22)30-14-16-5-3-2-4-6-16)24-27(23(28)15-31-24)13-18-7-9-19(25)12-20(18)26/h2-12,24H,13-15H2,1H3. The molecule has 0 aliphatic carbocycles. The minimum Gasteiger partial charge on any atom is -0.493 e. The number of rotatable bonds is 7. The smallest absolute Gasteiger partial charge is 0.234 e. The largest absolute Gasteiger partial charge is 0.493 e. The average molecular weight is 441 g/mol. The fraction of sp³-hybridized carbons (Fsp3) is 0.208. The number of benzene rings is 3. The van der Waals surface area contributed by atoms with Gasteiger partial charge in [0.2, 0.25) is 5.91 Å². The molecule has 0 N–H and O–H groups in total. The Hall–Kier alpha value is -3.06. The fourth-order valence-corrected chi connectivity index (χ4v) is 4.60. The van der Waals surface area contributed by atoms with Gasteiger partial charge in [0.15, 0.2) is 11.5 Å². The number of hydrogen-bond donors (Lipinski definition) is 0. The summed E-state index contributed by atoms with van der Waals surface area (Å²) < 4.78 is 38.8. The first-order valence-corrected chi connectivity index (χ1v) is 10.8. The van der Waals surface area contributed by atoms with Crippen LogP contribution in [0.4, 0.5) is 8.78 Å². The van der Waals surface area contributed by atoms with E-state index in [9.17, 15) is 13.6 Å². The van der Waals surface area contributed by atoms with Gasteiger partial charge in [-0.2, -0.15) is 0 Å². The zero-order valence-corrected chi connectivity index (χ0v) is 17.7. The van der Waals surface area contributed by atoms with Gasteiger partial charge in [-0.3, -0.25) is 4.79 Å². The van der Waals surface area contributed by atoms with Gasteiger partial charge in [-0.1, -0.05) is 42.5 Å². The minimum atomic E-state index is -0.661. The van der Waals surface area contributed by atoms with Crippen LogP contribution in [-0.4, -0.2) is 23.7 Å². The quantitative estimate of drug-likeness (QED) is 0.497. The molecule has 1 unspecified atom stereocenters. The third-order valence-electron chi connectivity index (χ3n) is 5.03. The molecule has 1 atom stereocenters. The van der Waals surface area contributed by atoms with E-state index in [2.05, 4.69) is 0 Å². The van der Waals surface area contributed by atoms with Crippen LogP contribution in [0.25, 0.3) is 0 Å². The molecule has 3 aromatic rings. The van der Waals surface area contributed by atoms with Crippen molar-refractivity contribution in [2.75, 3.05) is 12.9 Å². The van der Waals surface area contributed by atoms with Crippen molar-refractivity contribution in [3.05, 3.63) is 95.1 Å². The SMILES string of the molecule is COc1cc(C2SCC(=O)N2Cc2ccc(F)cc2F)ccc1OCc1ccccc1. The molecule has 1 aliphatic rings. The molecule has 1 aliphatic heterocycles. The zero-order valence-electron chi connectivity index (χ0n) is 16.9. The molecule has 0 radical (unpaired) electrons. The zero-order chi connectivity index (χ0) is 21.8. The highest BCUT2D eigenvalue weighted by atomic mass is 32.2. The van der Waals surface area contributed by atoms with Gasteiger partial charge in [0.1, 0.15) is 23.6 Å². The monoisotopic (exact) mass is 441 g/mol. The Morgan fingerprint density at radius 2 is 1.84 bits per heavy atom. The lowest BCUT2D eigenvalue weighted by atomic mass is 10.1. The van der Waals surface area contributed by atoms with Crippen LogP contribution in [0.2, 0.25) is 0 Å². The van der Waals surface area contributed by atoms with E-state index in [1.807, 2.05) is 48.5 Å².